The monoisotopic (exact) mass is 473 g/mol. The second kappa shape index (κ2) is 10.6. The van der Waals surface area contributed by atoms with Crippen LogP contribution in [0.2, 0.25) is 0 Å². The van der Waals surface area contributed by atoms with Gasteiger partial charge in [0.15, 0.2) is 0 Å². The molecule has 2 aromatic carbocycles. The quantitative estimate of drug-likeness (QED) is 0.703. The van der Waals surface area contributed by atoms with Crippen LogP contribution >= 0.6 is 0 Å². The summed E-state index contributed by atoms with van der Waals surface area (Å²) in [6.07, 6.45) is -0.308. The Morgan fingerprint density at radius 2 is 1.83 bits per heavy atom. The molecule has 2 amide bonds. The summed E-state index contributed by atoms with van der Waals surface area (Å²) >= 11 is 0. The number of carbonyl (C=O) groups excluding carboxylic acids is 2. The first-order chi connectivity index (χ1) is 16.5. The molecule has 1 fully saturated rings. The summed E-state index contributed by atoms with van der Waals surface area (Å²) in [5.41, 5.74) is 3.05. The third kappa shape index (κ3) is 6.59. The Labute approximate surface area is 206 Å². The predicted octanol–water partition coefficient (Wildman–Crippen LogP) is 4.43. The first-order valence-electron chi connectivity index (χ1n) is 11.6. The number of amides is 2. The van der Waals surface area contributed by atoms with Crippen LogP contribution in [0, 0.1) is 29.6 Å². The fourth-order valence-electron chi connectivity index (χ4n) is 4.07. The SMILES string of the molecule is Cc1c(CN2CCN(C(=O)OC(C)(C)C)[C@@H](C)C2)cc(C#N)cc1NC(=O)c1cccc(C#N)c1. The molecule has 1 heterocycles. The van der Waals surface area contributed by atoms with Gasteiger partial charge in [0.2, 0.25) is 0 Å². The molecule has 182 valence electrons. The van der Waals surface area contributed by atoms with Crippen molar-refractivity contribution >= 4 is 17.7 Å². The fourth-order valence-corrected chi connectivity index (χ4v) is 4.07. The zero-order chi connectivity index (χ0) is 25.8. The molecule has 2 aromatic rings. The third-order valence-corrected chi connectivity index (χ3v) is 5.88. The topological polar surface area (TPSA) is 109 Å². The Hall–Kier alpha value is -3.88. The average Bonchev–Trinajstić information content (AvgIpc) is 2.80. The Bertz CT molecular complexity index is 1200. The molecule has 0 bridgehead atoms. The molecule has 0 saturated carbocycles. The molecule has 1 atom stereocenters. The highest BCUT2D eigenvalue weighted by atomic mass is 16.6. The summed E-state index contributed by atoms with van der Waals surface area (Å²) in [5, 5.41) is 21.6. The lowest BCUT2D eigenvalue weighted by Gasteiger charge is -2.40. The van der Waals surface area contributed by atoms with Gasteiger partial charge in [0.25, 0.3) is 5.91 Å². The molecule has 8 heteroatoms. The van der Waals surface area contributed by atoms with E-state index in [9.17, 15) is 14.9 Å². The van der Waals surface area contributed by atoms with Gasteiger partial charge < -0.3 is 15.0 Å². The van der Waals surface area contributed by atoms with Crippen LogP contribution in [0.1, 0.15) is 60.3 Å². The lowest BCUT2D eigenvalue weighted by molar-refractivity contribution is 0.000534. The molecule has 0 radical (unpaired) electrons. The number of anilines is 1. The van der Waals surface area contributed by atoms with E-state index in [1.165, 1.54) is 6.07 Å². The molecule has 1 aliphatic heterocycles. The van der Waals surface area contributed by atoms with Gasteiger partial charge in [0, 0.05) is 43.5 Å². The van der Waals surface area contributed by atoms with E-state index < -0.39 is 5.60 Å². The Kier molecular flexibility index (Phi) is 7.78. The standard InChI is InChI=1S/C27H31N5O3/c1-18-16-31(9-10-32(18)26(34)35-27(3,4)5)17-23-12-21(15-29)13-24(19(23)2)30-25(33)22-8-6-7-20(11-22)14-28/h6-8,11-13,18H,9-10,16-17H2,1-5H3,(H,30,33)/t18-/m0/s1. The maximum Gasteiger partial charge on any atom is 0.410 e. The molecule has 1 aliphatic rings. The minimum atomic E-state index is -0.542. The zero-order valence-corrected chi connectivity index (χ0v) is 20.9. The molecule has 0 aliphatic carbocycles. The first kappa shape index (κ1) is 25.7. The van der Waals surface area contributed by atoms with Crippen molar-refractivity contribution in [3.8, 4) is 12.1 Å². The Morgan fingerprint density at radius 3 is 2.46 bits per heavy atom. The summed E-state index contributed by atoms with van der Waals surface area (Å²) < 4.78 is 5.53. The van der Waals surface area contributed by atoms with E-state index in [2.05, 4.69) is 16.3 Å². The van der Waals surface area contributed by atoms with Crippen molar-refractivity contribution in [2.45, 2.75) is 52.8 Å². The fraction of sp³-hybridized carbons (Fsp3) is 0.407. The molecule has 1 saturated heterocycles. The summed E-state index contributed by atoms with van der Waals surface area (Å²) in [6, 6.07) is 14.2. The summed E-state index contributed by atoms with van der Waals surface area (Å²) in [6.45, 7) is 11.9. The van der Waals surface area contributed by atoms with Crippen LogP contribution in [0.5, 0.6) is 0 Å². The number of nitrogens with zero attached hydrogens (tertiary/aromatic N) is 4. The van der Waals surface area contributed by atoms with Crippen LogP contribution in [0.3, 0.4) is 0 Å². The number of ether oxygens (including phenoxy) is 1. The lowest BCUT2D eigenvalue weighted by atomic mass is 10.0. The van der Waals surface area contributed by atoms with Crippen molar-refractivity contribution in [1.29, 1.82) is 10.5 Å². The molecule has 1 N–H and O–H groups in total. The van der Waals surface area contributed by atoms with Gasteiger partial charge in [-0.05, 0) is 76.1 Å². The van der Waals surface area contributed by atoms with E-state index in [1.54, 1.807) is 29.2 Å². The maximum atomic E-state index is 12.8. The van der Waals surface area contributed by atoms with Gasteiger partial charge in [-0.2, -0.15) is 10.5 Å². The molecule has 8 nitrogen and oxygen atoms in total. The van der Waals surface area contributed by atoms with E-state index >= 15 is 0 Å². The molecule has 0 unspecified atom stereocenters. The summed E-state index contributed by atoms with van der Waals surface area (Å²) in [5.74, 6) is -0.342. The number of nitrogens with one attached hydrogen (secondary N) is 1. The molecule has 35 heavy (non-hydrogen) atoms. The Morgan fingerprint density at radius 1 is 1.11 bits per heavy atom. The van der Waals surface area contributed by atoms with E-state index in [1.807, 2.05) is 46.8 Å². The number of benzene rings is 2. The van der Waals surface area contributed by atoms with Crippen LogP contribution in [0.25, 0.3) is 0 Å². The smallest absolute Gasteiger partial charge is 0.410 e. The van der Waals surface area contributed by atoms with Crippen LogP contribution in [0.4, 0.5) is 10.5 Å². The molecule has 0 spiro atoms. The van der Waals surface area contributed by atoms with E-state index in [0.717, 1.165) is 11.1 Å². The van der Waals surface area contributed by atoms with Crippen LogP contribution < -0.4 is 5.32 Å². The number of nitriles is 2. The van der Waals surface area contributed by atoms with Crippen molar-refractivity contribution < 1.29 is 14.3 Å². The normalized spacial score (nSPS) is 16.2. The van der Waals surface area contributed by atoms with Crippen molar-refractivity contribution in [1.82, 2.24) is 9.80 Å². The van der Waals surface area contributed by atoms with Crippen molar-refractivity contribution in [2.24, 2.45) is 0 Å². The second-order valence-corrected chi connectivity index (χ2v) is 9.82. The molecular weight excluding hydrogens is 442 g/mol. The minimum Gasteiger partial charge on any atom is -0.444 e. The number of hydrogen-bond donors (Lipinski definition) is 1. The zero-order valence-electron chi connectivity index (χ0n) is 20.9. The minimum absolute atomic E-state index is 0.0235. The molecule has 0 aromatic heterocycles. The summed E-state index contributed by atoms with van der Waals surface area (Å²) in [4.78, 5) is 29.3. The second-order valence-electron chi connectivity index (χ2n) is 9.82. The average molecular weight is 474 g/mol. The van der Waals surface area contributed by atoms with Gasteiger partial charge >= 0.3 is 6.09 Å². The van der Waals surface area contributed by atoms with Gasteiger partial charge in [0.05, 0.1) is 23.3 Å². The number of hydrogen-bond acceptors (Lipinski definition) is 6. The van der Waals surface area contributed by atoms with E-state index in [4.69, 9.17) is 10.00 Å². The molecular formula is C27H31N5O3. The highest BCUT2D eigenvalue weighted by molar-refractivity contribution is 6.05. The van der Waals surface area contributed by atoms with Gasteiger partial charge in [-0.15, -0.1) is 0 Å². The van der Waals surface area contributed by atoms with Crippen molar-refractivity contribution in [3.05, 3.63) is 64.2 Å². The van der Waals surface area contributed by atoms with E-state index in [-0.39, 0.29) is 18.0 Å². The molecule has 3 rings (SSSR count). The Balaban J connectivity index is 1.75. The predicted molar refractivity (Wildman–Crippen MR) is 133 cm³/mol. The summed E-state index contributed by atoms with van der Waals surface area (Å²) in [7, 11) is 0. The maximum absolute atomic E-state index is 12.8. The van der Waals surface area contributed by atoms with Gasteiger partial charge in [-0.1, -0.05) is 6.07 Å². The highest BCUT2D eigenvalue weighted by Crippen LogP contribution is 2.25. The largest absolute Gasteiger partial charge is 0.444 e. The first-order valence-corrected chi connectivity index (χ1v) is 11.6. The number of carbonyl (C=O) groups is 2. The van der Waals surface area contributed by atoms with Gasteiger partial charge in [-0.25, -0.2) is 4.79 Å². The number of rotatable bonds is 4. The highest BCUT2D eigenvalue weighted by Gasteiger charge is 2.31. The third-order valence-electron chi connectivity index (χ3n) is 5.88. The van der Waals surface area contributed by atoms with Crippen molar-refractivity contribution in [2.75, 3.05) is 25.0 Å². The lowest BCUT2D eigenvalue weighted by Crippen LogP contribution is -2.54. The van der Waals surface area contributed by atoms with Crippen LogP contribution in [0.15, 0.2) is 36.4 Å². The van der Waals surface area contributed by atoms with Crippen LogP contribution in [-0.4, -0.2) is 53.1 Å². The van der Waals surface area contributed by atoms with Crippen LogP contribution in [-0.2, 0) is 11.3 Å². The van der Waals surface area contributed by atoms with Gasteiger partial charge in [0.1, 0.15) is 5.60 Å². The van der Waals surface area contributed by atoms with Crippen molar-refractivity contribution in [3.63, 3.8) is 0 Å². The van der Waals surface area contributed by atoms with E-state index in [0.29, 0.717) is 48.6 Å². The van der Waals surface area contributed by atoms with Gasteiger partial charge in [-0.3, -0.25) is 9.69 Å². The number of piperazine rings is 1.